The van der Waals surface area contributed by atoms with Crippen LogP contribution in [0, 0.1) is 17.2 Å². The summed E-state index contributed by atoms with van der Waals surface area (Å²) in [7, 11) is -2.95. The molecule has 0 spiro atoms. The van der Waals surface area contributed by atoms with Gasteiger partial charge in [0.2, 0.25) is 0 Å². The molecule has 1 aliphatic heterocycles. The molecule has 0 aromatic heterocycles. The van der Waals surface area contributed by atoms with E-state index in [2.05, 4.69) is 0 Å². The largest absolute Gasteiger partial charge is 0.461 e. The molecular formula is C14H15NO4S. The third-order valence-corrected chi connectivity index (χ3v) is 5.10. The fraction of sp³-hybridized carbons (Fsp3) is 0.429. The van der Waals surface area contributed by atoms with Crippen LogP contribution in [0.2, 0.25) is 0 Å². The zero-order chi connectivity index (χ0) is 14.6. The van der Waals surface area contributed by atoms with E-state index in [9.17, 15) is 13.2 Å². The lowest BCUT2D eigenvalue weighted by molar-refractivity contribution is -0.145. The van der Waals surface area contributed by atoms with Crippen LogP contribution in [0.1, 0.15) is 24.0 Å². The summed E-state index contributed by atoms with van der Waals surface area (Å²) in [5.74, 6) is -0.246. The summed E-state index contributed by atoms with van der Waals surface area (Å²) >= 11 is 0. The van der Waals surface area contributed by atoms with E-state index in [1.807, 2.05) is 6.07 Å². The van der Waals surface area contributed by atoms with Crippen molar-refractivity contribution in [3.63, 3.8) is 0 Å². The first-order valence-corrected chi connectivity index (χ1v) is 8.16. The van der Waals surface area contributed by atoms with Crippen LogP contribution in [0.15, 0.2) is 24.3 Å². The zero-order valence-corrected chi connectivity index (χ0v) is 11.7. The summed E-state index contributed by atoms with van der Waals surface area (Å²) < 4.78 is 27.7. The maximum atomic E-state index is 11.6. The number of benzene rings is 1. The van der Waals surface area contributed by atoms with E-state index in [0.717, 1.165) is 5.56 Å². The van der Waals surface area contributed by atoms with Gasteiger partial charge >= 0.3 is 5.97 Å². The van der Waals surface area contributed by atoms with Crippen molar-refractivity contribution in [1.29, 1.82) is 5.26 Å². The molecule has 20 heavy (non-hydrogen) atoms. The van der Waals surface area contributed by atoms with E-state index in [1.54, 1.807) is 24.3 Å². The van der Waals surface area contributed by atoms with E-state index in [-0.39, 0.29) is 36.4 Å². The molecule has 0 saturated carbocycles. The fourth-order valence-electron chi connectivity index (χ4n) is 2.17. The summed E-state index contributed by atoms with van der Waals surface area (Å²) in [4.78, 5) is 11.6. The van der Waals surface area contributed by atoms with Crippen molar-refractivity contribution in [3.8, 4) is 6.07 Å². The Labute approximate surface area is 118 Å². The van der Waals surface area contributed by atoms with Crippen molar-refractivity contribution >= 4 is 15.8 Å². The number of nitriles is 1. The molecule has 106 valence electrons. The van der Waals surface area contributed by atoms with Crippen molar-refractivity contribution in [3.05, 3.63) is 35.4 Å². The monoisotopic (exact) mass is 293 g/mol. The minimum Gasteiger partial charge on any atom is -0.461 e. The maximum absolute atomic E-state index is 11.6. The number of rotatable bonds is 4. The summed E-state index contributed by atoms with van der Waals surface area (Å²) in [6.07, 6.45) is 0.684. The topological polar surface area (TPSA) is 84.2 Å². The first-order valence-electron chi connectivity index (χ1n) is 6.33. The molecule has 0 aliphatic carbocycles. The molecule has 5 nitrogen and oxygen atoms in total. The Morgan fingerprint density at radius 2 is 2.05 bits per heavy atom. The number of sulfone groups is 1. The average molecular weight is 293 g/mol. The van der Waals surface area contributed by atoms with Gasteiger partial charge in [-0.1, -0.05) is 12.1 Å². The van der Waals surface area contributed by atoms with E-state index < -0.39 is 9.84 Å². The summed E-state index contributed by atoms with van der Waals surface area (Å²) in [6, 6.07) is 8.79. The molecule has 1 heterocycles. The predicted molar refractivity (Wildman–Crippen MR) is 72.3 cm³/mol. The van der Waals surface area contributed by atoms with Crippen LogP contribution in [0.3, 0.4) is 0 Å². The summed E-state index contributed by atoms with van der Waals surface area (Å²) in [5, 5.41) is 8.66. The van der Waals surface area contributed by atoms with Gasteiger partial charge in [0.25, 0.3) is 0 Å². The summed E-state index contributed by atoms with van der Waals surface area (Å²) in [6.45, 7) is 0.143. The van der Waals surface area contributed by atoms with Gasteiger partial charge in [0.1, 0.15) is 6.61 Å². The quantitative estimate of drug-likeness (QED) is 0.784. The Bertz CT molecular complexity index is 628. The number of carbonyl (C=O) groups excluding carboxylic acids is 1. The van der Waals surface area contributed by atoms with Crippen LogP contribution >= 0.6 is 0 Å². The van der Waals surface area contributed by atoms with Gasteiger partial charge in [0.05, 0.1) is 23.1 Å². The predicted octanol–water partition coefficient (Wildman–Crippen LogP) is 1.43. The highest BCUT2D eigenvalue weighted by Gasteiger charge is 2.29. The van der Waals surface area contributed by atoms with Gasteiger partial charge < -0.3 is 4.74 Å². The smallest absolute Gasteiger partial charge is 0.306 e. The highest BCUT2D eigenvalue weighted by atomic mass is 32.2. The molecule has 1 aliphatic rings. The minimum atomic E-state index is -2.95. The van der Waals surface area contributed by atoms with E-state index in [4.69, 9.17) is 10.00 Å². The highest BCUT2D eigenvalue weighted by Crippen LogP contribution is 2.22. The normalized spacial score (nSPS) is 20.2. The maximum Gasteiger partial charge on any atom is 0.306 e. The van der Waals surface area contributed by atoms with Crippen molar-refractivity contribution in [1.82, 2.24) is 0 Å². The number of hydrogen-bond acceptors (Lipinski definition) is 5. The van der Waals surface area contributed by atoms with Crippen LogP contribution in [0.5, 0.6) is 0 Å². The Balaban J connectivity index is 1.79. The molecule has 1 aromatic carbocycles. The third kappa shape index (κ3) is 4.07. The molecule has 0 unspecified atom stereocenters. The van der Waals surface area contributed by atoms with Crippen molar-refractivity contribution in [2.24, 2.45) is 5.92 Å². The van der Waals surface area contributed by atoms with Gasteiger partial charge in [-0.3, -0.25) is 4.79 Å². The third-order valence-electron chi connectivity index (χ3n) is 3.26. The van der Waals surface area contributed by atoms with Gasteiger partial charge in [0.15, 0.2) is 9.84 Å². The molecule has 0 radical (unpaired) electrons. The molecule has 0 N–H and O–H groups in total. The molecule has 6 heteroatoms. The second-order valence-corrected chi connectivity index (χ2v) is 7.17. The number of hydrogen-bond donors (Lipinski definition) is 0. The molecular weight excluding hydrogens is 278 g/mol. The Morgan fingerprint density at radius 3 is 2.60 bits per heavy atom. The van der Waals surface area contributed by atoms with Crippen LogP contribution in [0.25, 0.3) is 0 Å². The van der Waals surface area contributed by atoms with E-state index >= 15 is 0 Å². The molecule has 1 aromatic rings. The SMILES string of the molecule is N#Cc1ccc(COC(=O)C[C@@H]2CCS(=O)(=O)C2)cc1. The van der Waals surface area contributed by atoms with E-state index in [0.29, 0.717) is 12.0 Å². The van der Waals surface area contributed by atoms with Gasteiger partial charge in [-0.05, 0) is 30.0 Å². The molecule has 0 amide bonds. The van der Waals surface area contributed by atoms with E-state index in [1.165, 1.54) is 0 Å². The minimum absolute atomic E-state index is 0.0823. The van der Waals surface area contributed by atoms with Gasteiger partial charge in [-0.2, -0.15) is 5.26 Å². The fourth-order valence-corrected chi connectivity index (χ4v) is 4.03. The van der Waals surface area contributed by atoms with Crippen LogP contribution < -0.4 is 0 Å². The lowest BCUT2D eigenvalue weighted by Crippen LogP contribution is -2.13. The lowest BCUT2D eigenvalue weighted by Gasteiger charge is -2.08. The first kappa shape index (κ1) is 14.5. The van der Waals surface area contributed by atoms with Crippen LogP contribution in [0.4, 0.5) is 0 Å². The molecule has 1 fully saturated rings. The zero-order valence-electron chi connectivity index (χ0n) is 10.9. The Hall–Kier alpha value is -1.87. The van der Waals surface area contributed by atoms with Gasteiger partial charge in [-0.15, -0.1) is 0 Å². The molecule has 2 rings (SSSR count). The molecule has 1 atom stereocenters. The second-order valence-electron chi connectivity index (χ2n) is 4.94. The number of esters is 1. The Morgan fingerprint density at radius 1 is 1.35 bits per heavy atom. The van der Waals surface area contributed by atoms with Crippen molar-refractivity contribution in [2.45, 2.75) is 19.4 Å². The van der Waals surface area contributed by atoms with Crippen molar-refractivity contribution < 1.29 is 17.9 Å². The lowest BCUT2D eigenvalue weighted by atomic mass is 10.1. The van der Waals surface area contributed by atoms with Crippen LogP contribution in [-0.2, 0) is 26.0 Å². The number of carbonyl (C=O) groups is 1. The standard InChI is InChI=1S/C14H15NO4S/c15-8-11-1-3-12(4-2-11)9-19-14(16)7-13-5-6-20(17,18)10-13/h1-4,13H,5-7,9-10H2/t13-/m0/s1. The van der Waals surface area contributed by atoms with Crippen molar-refractivity contribution in [2.75, 3.05) is 11.5 Å². The second kappa shape index (κ2) is 6.06. The molecule has 0 bridgehead atoms. The number of ether oxygens (including phenoxy) is 1. The number of nitrogens with zero attached hydrogens (tertiary/aromatic N) is 1. The first-order chi connectivity index (χ1) is 9.48. The highest BCUT2D eigenvalue weighted by molar-refractivity contribution is 7.91. The van der Waals surface area contributed by atoms with Gasteiger partial charge in [-0.25, -0.2) is 8.42 Å². The molecule has 1 saturated heterocycles. The van der Waals surface area contributed by atoms with Crippen LogP contribution in [-0.4, -0.2) is 25.9 Å². The van der Waals surface area contributed by atoms with Gasteiger partial charge in [0, 0.05) is 6.42 Å². The average Bonchev–Trinajstić information content (AvgIpc) is 2.76. The summed E-state index contributed by atoms with van der Waals surface area (Å²) in [5.41, 5.74) is 1.35. The Kier molecular flexibility index (Phi) is 4.40.